The van der Waals surface area contributed by atoms with Crippen LogP contribution in [0.4, 0.5) is 0 Å². The quantitative estimate of drug-likeness (QED) is 0.161. The molecule has 6 aromatic rings. The second-order valence-corrected chi connectivity index (χ2v) is 11.8. The van der Waals surface area contributed by atoms with Crippen LogP contribution in [0.3, 0.4) is 0 Å². The predicted octanol–water partition coefficient (Wildman–Crippen LogP) is 1.56. The molecule has 1 radical (unpaired) electrons. The fourth-order valence-corrected chi connectivity index (χ4v) is 5.79. The average Bonchev–Trinajstić information content (AvgIpc) is 3.15. The largest absolute Gasteiger partial charge is 3.00 e. The summed E-state index contributed by atoms with van der Waals surface area (Å²) < 4.78 is 0.0574. The van der Waals surface area contributed by atoms with Gasteiger partial charge in [0.2, 0.25) is 0 Å². The van der Waals surface area contributed by atoms with Gasteiger partial charge in [-0.2, -0.15) is 0 Å². The van der Waals surface area contributed by atoms with Crippen LogP contribution >= 0.6 is 0 Å². The Morgan fingerprint density at radius 2 is 0.755 bits per heavy atom. The van der Waals surface area contributed by atoms with E-state index >= 15 is 0 Å². The van der Waals surface area contributed by atoms with Gasteiger partial charge in [-0.3, -0.25) is 33.7 Å². The fraction of sp³-hybridized carbons (Fsp3) is 0.167. The molecule has 0 atom stereocenters. The first-order chi connectivity index (χ1) is 25.0. The van der Waals surface area contributed by atoms with Gasteiger partial charge in [0.15, 0.2) is 0 Å². The second-order valence-electron chi connectivity index (χ2n) is 11.8. The summed E-state index contributed by atoms with van der Waals surface area (Å²) in [5.74, 6) is -2.39. The molecule has 0 fully saturated rings. The smallest absolute Gasteiger partial charge is 0.803 e. The molecule has 0 bridgehead atoms. The minimum Gasteiger partial charge on any atom is -0.803 e. The van der Waals surface area contributed by atoms with Crippen molar-refractivity contribution in [1.82, 2.24) is 35.0 Å². The molecule has 0 saturated heterocycles. The van der Waals surface area contributed by atoms with Gasteiger partial charge in [0, 0.05) is 55.4 Å². The third kappa shape index (κ3) is 8.23. The number of carbonyl (C=O) groups excluding carboxylic acids is 3. The molecule has 0 aliphatic rings. The van der Waals surface area contributed by atoms with E-state index in [0.29, 0.717) is 16.2 Å². The molecule has 0 spiro atoms. The molecule has 17 heteroatoms. The maximum absolute atomic E-state index is 13.0. The standard InChI is InChI=1S/C36H30N7O9.Sm/c44-31(28-19-22-7-1-4-10-25(22)34(47)41(28)50)37-13-16-40(17-14-38-32(45)29-20-23-8-2-5-11-26(23)35(48)42(29)51)18-15-39-33(46)30-21-24-9-3-6-12-27(24)36(49)43(30)52;/h1-12,19-21H,13-18H2,(H,37,44)(H,38,45)(H,39,46);/q-3;+3. The first-order valence-electron chi connectivity index (χ1n) is 16.1. The molecule has 3 aromatic carbocycles. The fourth-order valence-electron chi connectivity index (χ4n) is 5.79. The summed E-state index contributed by atoms with van der Waals surface area (Å²) in [7, 11) is 0. The normalized spacial score (nSPS) is 11.0. The predicted molar refractivity (Wildman–Crippen MR) is 194 cm³/mol. The molecule has 3 aromatic heterocycles. The molecule has 0 unspecified atom stereocenters. The van der Waals surface area contributed by atoms with Crippen molar-refractivity contribution in [3.8, 4) is 0 Å². The number of rotatable bonds is 12. The summed E-state index contributed by atoms with van der Waals surface area (Å²) in [6.07, 6.45) is 0. The van der Waals surface area contributed by atoms with Crippen molar-refractivity contribution in [2.45, 2.75) is 0 Å². The third-order valence-electron chi connectivity index (χ3n) is 8.50. The van der Waals surface area contributed by atoms with Crippen LogP contribution in [0, 0.1) is 56.0 Å². The summed E-state index contributed by atoms with van der Waals surface area (Å²) in [6.45, 7) is 0.280. The zero-order valence-electron chi connectivity index (χ0n) is 27.8. The Hall–Kier alpha value is -5.60. The van der Waals surface area contributed by atoms with Gasteiger partial charge in [-0.1, -0.05) is 54.6 Å². The van der Waals surface area contributed by atoms with Crippen molar-refractivity contribution in [3.05, 3.63) is 155 Å². The van der Waals surface area contributed by atoms with Crippen LogP contribution in [-0.2, 0) is 0 Å². The average molecular weight is 855 g/mol. The maximum Gasteiger partial charge on any atom is 3.00 e. The van der Waals surface area contributed by atoms with Gasteiger partial charge >= 0.3 is 40.4 Å². The van der Waals surface area contributed by atoms with E-state index in [9.17, 15) is 44.4 Å². The van der Waals surface area contributed by atoms with Gasteiger partial charge in [-0.25, -0.2) is 0 Å². The van der Waals surface area contributed by atoms with Crippen molar-refractivity contribution in [2.75, 3.05) is 39.3 Å². The number of fused-ring (bicyclic) bond motifs is 3. The summed E-state index contributed by atoms with van der Waals surface area (Å²) in [5.41, 5.74) is -3.81. The van der Waals surface area contributed by atoms with Gasteiger partial charge in [-0.05, 0) is 52.6 Å². The zero-order valence-corrected chi connectivity index (χ0v) is 30.4. The second kappa shape index (κ2) is 16.8. The van der Waals surface area contributed by atoms with E-state index in [1.165, 1.54) is 36.4 Å². The van der Waals surface area contributed by atoms with Gasteiger partial charge in [0.25, 0.3) is 34.4 Å². The van der Waals surface area contributed by atoms with Crippen LogP contribution in [0.5, 0.6) is 0 Å². The van der Waals surface area contributed by atoms with Gasteiger partial charge in [-0.15, -0.1) is 0 Å². The molecule has 0 saturated carbocycles. The summed E-state index contributed by atoms with van der Waals surface area (Å²) in [4.78, 5) is 78.1. The SMILES string of the molecule is O=C(NCCN(CCNC(=O)c1cc2ccccc2c(=O)n1[O-])CCNC(=O)c1cc2ccccc2c(=O)n1[O-])c1cc2ccccc2c(=O)n1[O-].[Sm+3]. The first kappa shape index (κ1) is 38.6. The Labute approximate surface area is 331 Å². The molecule has 0 aliphatic carbocycles. The maximum atomic E-state index is 13.0. The Morgan fingerprint density at radius 1 is 0.491 bits per heavy atom. The molecule has 53 heavy (non-hydrogen) atoms. The number of pyridine rings is 3. The van der Waals surface area contributed by atoms with Crippen molar-refractivity contribution in [3.63, 3.8) is 0 Å². The van der Waals surface area contributed by atoms with Gasteiger partial charge in [0.05, 0.1) is 0 Å². The Kier molecular flexibility index (Phi) is 12.3. The number of hydrogen-bond acceptors (Lipinski definition) is 10. The van der Waals surface area contributed by atoms with Crippen LogP contribution in [0.25, 0.3) is 32.3 Å². The van der Waals surface area contributed by atoms with E-state index < -0.39 is 51.5 Å². The van der Waals surface area contributed by atoms with Gasteiger partial charge < -0.3 is 45.8 Å². The van der Waals surface area contributed by atoms with Crippen LogP contribution in [0.15, 0.2) is 105 Å². The molecule has 3 N–H and O–H groups in total. The Bertz CT molecular complexity index is 2270. The van der Waals surface area contributed by atoms with E-state index in [4.69, 9.17) is 0 Å². The molecule has 6 rings (SSSR count). The summed E-state index contributed by atoms with van der Waals surface area (Å²) >= 11 is 0. The van der Waals surface area contributed by atoms with Crippen molar-refractivity contribution < 1.29 is 54.8 Å². The van der Waals surface area contributed by atoms with Crippen LogP contribution in [-0.4, -0.2) is 76.1 Å². The van der Waals surface area contributed by atoms with Crippen LogP contribution in [0.2, 0.25) is 0 Å². The molecule has 3 amide bonds. The minimum atomic E-state index is -0.874. The van der Waals surface area contributed by atoms with E-state index in [-0.39, 0.29) is 110 Å². The molecule has 269 valence electrons. The first-order valence-corrected chi connectivity index (χ1v) is 16.1. The number of hydrogen-bond donors (Lipinski definition) is 3. The third-order valence-corrected chi connectivity index (χ3v) is 8.50. The Morgan fingerprint density at radius 3 is 1.04 bits per heavy atom. The molecule has 16 nitrogen and oxygen atoms in total. The zero-order chi connectivity index (χ0) is 36.9. The molecular formula is C36H30N7O9Sm. The number of benzene rings is 3. The topological polar surface area (TPSA) is 226 Å². The number of aromatic nitrogens is 3. The minimum absolute atomic E-state index is 0. The number of amides is 3. The summed E-state index contributed by atoms with van der Waals surface area (Å²) in [5, 5.41) is 47.3. The molecular weight excluding hydrogens is 825 g/mol. The van der Waals surface area contributed by atoms with E-state index in [1.54, 1.807) is 59.5 Å². The van der Waals surface area contributed by atoms with Crippen molar-refractivity contribution in [2.24, 2.45) is 0 Å². The monoisotopic (exact) mass is 856 g/mol. The van der Waals surface area contributed by atoms with Crippen LogP contribution < -0.4 is 32.6 Å². The van der Waals surface area contributed by atoms with E-state index in [1.807, 2.05) is 0 Å². The van der Waals surface area contributed by atoms with E-state index in [0.717, 1.165) is 0 Å². The molecule has 3 heterocycles. The molecule has 0 aliphatic heterocycles. The van der Waals surface area contributed by atoms with Crippen LogP contribution in [0.1, 0.15) is 31.5 Å². The van der Waals surface area contributed by atoms with Crippen molar-refractivity contribution >= 4 is 50.0 Å². The number of carbonyl (C=O) groups is 3. The Balaban J connectivity index is 0.00000541. The van der Waals surface area contributed by atoms with Crippen molar-refractivity contribution in [1.29, 1.82) is 0 Å². The summed E-state index contributed by atoms with van der Waals surface area (Å²) in [6, 6.07) is 23.0. The van der Waals surface area contributed by atoms with E-state index in [2.05, 4.69) is 16.0 Å². The number of nitrogens with zero attached hydrogens (tertiary/aromatic N) is 4. The number of nitrogens with one attached hydrogen (secondary N) is 3. The van der Waals surface area contributed by atoms with Gasteiger partial charge in [0.1, 0.15) is 17.1 Å².